The average molecular weight is 456 g/mol. The molecule has 168 valence electrons. The van der Waals surface area contributed by atoms with E-state index in [1.807, 2.05) is 0 Å². The zero-order chi connectivity index (χ0) is 23.0. The Bertz CT molecular complexity index is 1190. The molecule has 1 amide bonds. The molecule has 2 aromatic rings. The van der Waals surface area contributed by atoms with Gasteiger partial charge in [0.05, 0.1) is 17.0 Å². The van der Waals surface area contributed by atoms with Crippen LogP contribution in [-0.4, -0.2) is 38.7 Å². The molecule has 0 radical (unpaired) electrons. The summed E-state index contributed by atoms with van der Waals surface area (Å²) in [5, 5.41) is 15.6. The van der Waals surface area contributed by atoms with Crippen LogP contribution in [0, 0.1) is 29.0 Å². The van der Waals surface area contributed by atoms with Gasteiger partial charge in [-0.25, -0.2) is 12.8 Å². The van der Waals surface area contributed by atoms with Crippen LogP contribution in [0.1, 0.15) is 25.3 Å². The molecule has 2 aliphatic rings. The maximum Gasteiger partial charge on any atom is 0.238 e. The van der Waals surface area contributed by atoms with E-state index in [9.17, 15) is 22.9 Å². The lowest BCUT2D eigenvalue weighted by atomic mass is 9.89. The molecule has 1 aliphatic carbocycles. The Kier molecular flexibility index (Phi) is 6.06. The predicted molar refractivity (Wildman–Crippen MR) is 119 cm³/mol. The fraction of sp³-hybridized carbons (Fsp3) is 0.417. The van der Waals surface area contributed by atoms with Crippen LogP contribution in [0.15, 0.2) is 47.4 Å². The zero-order valence-corrected chi connectivity index (χ0v) is 18.8. The molecule has 2 N–H and O–H groups in total. The minimum absolute atomic E-state index is 0.0497. The normalized spacial score (nSPS) is 25.3. The van der Waals surface area contributed by atoms with E-state index in [0.29, 0.717) is 28.7 Å². The summed E-state index contributed by atoms with van der Waals surface area (Å²) in [5.41, 5.74) is 1.43. The Balaban J connectivity index is 1.46. The fourth-order valence-corrected chi connectivity index (χ4v) is 5.60. The number of amides is 1. The Morgan fingerprint density at radius 1 is 1.25 bits per heavy atom. The van der Waals surface area contributed by atoms with E-state index in [1.165, 1.54) is 18.2 Å². The summed E-state index contributed by atoms with van der Waals surface area (Å²) >= 11 is 0. The first-order chi connectivity index (χ1) is 15.2. The smallest absolute Gasteiger partial charge is 0.238 e. The van der Waals surface area contributed by atoms with Crippen LogP contribution in [0.3, 0.4) is 0 Å². The fourth-order valence-electron chi connectivity index (χ4n) is 4.94. The SMILES string of the molecule is C[C@H]1C[C@@H]2C[C@H]1[C@@H](C(=O)N[C@H](C#N)Cc1ccc(-c3cccc(S(C)(=O)=O)c3)cc1F)N2. The maximum atomic E-state index is 14.8. The topological polar surface area (TPSA) is 99.1 Å². The molecule has 1 saturated carbocycles. The van der Waals surface area contributed by atoms with Crippen LogP contribution >= 0.6 is 0 Å². The van der Waals surface area contributed by atoms with Crippen LogP contribution in [0.5, 0.6) is 0 Å². The lowest BCUT2D eigenvalue weighted by Gasteiger charge is -2.28. The highest BCUT2D eigenvalue weighted by molar-refractivity contribution is 7.90. The van der Waals surface area contributed by atoms with Crippen molar-refractivity contribution in [2.75, 3.05) is 6.26 Å². The van der Waals surface area contributed by atoms with E-state index in [0.717, 1.165) is 19.1 Å². The van der Waals surface area contributed by atoms with Gasteiger partial charge >= 0.3 is 0 Å². The number of carbonyl (C=O) groups is 1. The molecule has 1 saturated heterocycles. The Morgan fingerprint density at radius 2 is 2.00 bits per heavy atom. The average Bonchev–Trinajstić information content (AvgIpc) is 3.33. The lowest BCUT2D eigenvalue weighted by molar-refractivity contribution is -0.124. The van der Waals surface area contributed by atoms with E-state index in [-0.39, 0.29) is 29.2 Å². The van der Waals surface area contributed by atoms with Crippen molar-refractivity contribution in [1.82, 2.24) is 10.6 Å². The number of nitrogens with zero attached hydrogens (tertiary/aromatic N) is 1. The molecular weight excluding hydrogens is 429 g/mol. The molecule has 2 aromatic carbocycles. The van der Waals surface area contributed by atoms with Crippen molar-refractivity contribution >= 4 is 15.7 Å². The zero-order valence-electron chi connectivity index (χ0n) is 18.0. The molecule has 4 rings (SSSR count). The van der Waals surface area contributed by atoms with E-state index >= 15 is 0 Å². The molecule has 0 unspecified atom stereocenters. The van der Waals surface area contributed by atoms with Crippen LogP contribution in [-0.2, 0) is 21.1 Å². The molecule has 1 aliphatic heterocycles. The number of benzene rings is 2. The number of rotatable bonds is 6. The van der Waals surface area contributed by atoms with Crippen LogP contribution in [0.2, 0.25) is 0 Å². The summed E-state index contributed by atoms with van der Waals surface area (Å²) in [6.45, 7) is 2.15. The van der Waals surface area contributed by atoms with Gasteiger partial charge in [-0.1, -0.05) is 31.2 Å². The van der Waals surface area contributed by atoms with E-state index < -0.39 is 21.7 Å². The van der Waals surface area contributed by atoms with E-state index in [2.05, 4.69) is 23.6 Å². The third-order valence-corrected chi connectivity index (χ3v) is 7.72. The van der Waals surface area contributed by atoms with Gasteiger partial charge in [0.25, 0.3) is 0 Å². The summed E-state index contributed by atoms with van der Waals surface area (Å²) in [5.74, 6) is 0.0421. The molecule has 1 heterocycles. The summed E-state index contributed by atoms with van der Waals surface area (Å²) in [6, 6.07) is 12.2. The highest BCUT2D eigenvalue weighted by Gasteiger charge is 2.47. The molecule has 0 spiro atoms. The summed E-state index contributed by atoms with van der Waals surface area (Å²) in [4.78, 5) is 12.9. The standard InChI is InChI=1S/C24H26FN3O3S/c1-14-8-18-12-21(14)23(27-18)24(29)28-19(13-26)9-17-7-6-16(11-22(17)25)15-4-3-5-20(10-15)32(2,30)31/h3-7,10-11,14,18-19,21,23,27H,8-9,12H2,1-2H3,(H,28,29)/t14-,18+,19-,21+,23-/m0/s1. The molecule has 5 atom stereocenters. The monoisotopic (exact) mass is 455 g/mol. The van der Waals surface area contributed by atoms with Gasteiger partial charge in [-0.3, -0.25) is 4.79 Å². The number of sulfone groups is 1. The number of nitriles is 1. The van der Waals surface area contributed by atoms with Crippen LogP contribution in [0.25, 0.3) is 11.1 Å². The molecule has 8 heteroatoms. The molecule has 2 bridgehead atoms. The number of carbonyl (C=O) groups excluding carboxylic acids is 1. The number of piperidine rings is 1. The van der Waals surface area contributed by atoms with E-state index in [1.54, 1.807) is 24.3 Å². The third kappa shape index (κ3) is 4.54. The quantitative estimate of drug-likeness (QED) is 0.698. The first-order valence-electron chi connectivity index (χ1n) is 10.7. The second-order valence-electron chi connectivity index (χ2n) is 8.95. The van der Waals surface area contributed by atoms with E-state index in [4.69, 9.17) is 0 Å². The van der Waals surface area contributed by atoms with Crippen molar-refractivity contribution in [1.29, 1.82) is 5.26 Å². The van der Waals surface area contributed by atoms with Gasteiger partial charge in [0.2, 0.25) is 5.91 Å². The first-order valence-corrected chi connectivity index (χ1v) is 12.6. The van der Waals surface area contributed by atoms with Gasteiger partial charge in [-0.15, -0.1) is 0 Å². The predicted octanol–water partition coefficient (Wildman–Crippen LogP) is 2.83. The third-order valence-electron chi connectivity index (χ3n) is 6.61. The minimum atomic E-state index is -3.37. The molecule has 32 heavy (non-hydrogen) atoms. The van der Waals surface area contributed by atoms with Crippen molar-refractivity contribution in [3.8, 4) is 17.2 Å². The first kappa shape index (κ1) is 22.4. The lowest BCUT2D eigenvalue weighted by Crippen LogP contribution is -2.52. The molecule has 0 aromatic heterocycles. The number of nitrogens with one attached hydrogen (secondary N) is 2. The highest BCUT2D eigenvalue weighted by atomic mass is 32.2. The molecular formula is C24H26FN3O3S. The molecule has 6 nitrogen and oxygen atoms in total. The number of fused-ring (bicyclic) bond motifs is 2. The van der Waals surface area contributed by atoms with Gasteiger partial charge in [0, 0.05) is 18.7 Å². The van der Waals surface area contributed by atoms with Gasteiger partial charge in [-0.2, -0.15) is 5.26 Å². The van der Waals surface area contributed by atoms with Crippen molar-refractivity contribution in [3.63, 3.8) is 0 Å². The van der Waals surface area contributed by atoms with Crippen LogP contribution < -0.4 is 10.6 Å². The van der Waals surface area contributed by atoms with Gasteiger partial charge in [-0.05, 0) is 59.6 Å². The second kappa shape index (κ2) is 8.64. The Hall–Kier alpha value is -2.76. The minimum Gasteiger partial charge on any atom is -0.339 e. The maximum absolute atomic E-state index is 14.8. The van der Waals surface area contributed by atoms with Gasteiger partial charge < -0.3 is 10.6 Å². The Labute approximate surface area is 187 Å². The van der Waals surface area contributed by atoms with Gasteiger partial charge in [0.15, 0.2) is 9.84 Å². The van der Waals surface area contributed by atoms with Crippen molar-refractivity contribution in [3.05, 3.63) is 53.8 Å². The molecule has 2 fully saturated rings. The number of hydrogen-bond donors (Lipinski definition) is 2. The van der Waals surface area contributed by atoms with Crippen molar-refractivity contribution in [2.24, 2.45) is 11.8 Å². The number of halogens is 1. The summed E-state index contributed by atoms with van der Waals surface area (Å²) < 4.78 is 38.4. The number of hydrogen-bond acceptors (Lipinski definition) is 5. The summed E-state index contributed by atoms with van der Waals surface area (Å²) in [7, 11) is -3.37. The van der Waals surface area contributed by atoms with Crippen LogP contribution in [0.4, 0.5) is 4.39 Å². The second-order valence-corrected chi connectivity index (χ2v) is 11.0. The van der Waals surface area contributed by atoms with Gasteiger partial charge in [0.1, 0.15) is 11.9 Å². The van der Waals surface area contributed by atoms with Crippen molar-refractivity contribution in [2.45, 2.75) is 49.2 Å². The largest absolute Gasteiger partial charge is 0.339 e. The Morgan fingerprint density at radius 3 is 2.62 bits per heavy atom. The highest BCUT2D eigenvalue weighted by Crippen LogP contribution is 2.40. The van der Waals surface area contributed by atoms with Crippen molar-refractivity contribution < 1.29 is 17.6 Å². The summed E-state index contributed by atoms with van der Waals surface area (Å²) in [6.07, 6.45) is 3.22.